The molecule has 0 unspecified atom stereocenters. The molecule has 2 amide bonds. The molecule has 0 atom stereocenters. The van der Waals surface area contributed by atoms with E-state index in [1.807, 2.05) is 12.1 Å². The molecular formula is C13H9BrCl2N2O. The van der Waals surface area contributed by atoms with Crippen LogP contribution in [0.3, 0.4) is 0 Å². The van der Waals surface area contributed by atoms with E-state index in [1.54, 1.807) is 30.3 Å². The van der Waals surface area contributed by atoms with Crippen LogP contribution in [0, 0.1) is 0 Å². The second kappa shape index (κ2) is 6.28. The highest BCUT2D eigenvalue weighted by Crippen LogP contribution is 2.29. The van der Waals surface area contributed by atoms with Gasteiger partial charge in [0, 0.05) is 10.2 Å². The van der Waals surface area contributed by atoms with Crippen molar-refractivity contribution in [2.24, 2.45) is 0 Å². The standard InChI is InChI=1S/C13H9BrCl2N2O/c14-8-4-6-9(7-5-8)17-13(19)18-12-10(15)2-1-3-11(12)16/h1-7H,(H2,17,18,19). The van der Waals surface area contributed by atoms with Gasteiger partial charge in [0.25, 0.3) is 0 Å². The molecule has 2 rings (SSSR count). The van der Waals surface area contributed by atoms with Crippen LogP contribution in [0.25, 0.3) is 0 Å². The summed E-state index contributed by atoms with van der Waals surface area (Å²) in [4.78, 5) is 11.8. The Labute approximate surface area is 129 Å². The molecule has 2 N–H and O–H groups in total. The van der Waals surface area contributed by atoms with Crippen LogP contribution < -0.4 is 10.6 Å². The minimum atomic E-state index is -0.405. The van der Waals surface area contributed by atoms with E-state index in [1.165, 1.54) is 0 Å². The Bertz CT molecular complexity index is 582. The van der Waals surface area contributed by atoms with Crippen LogP contribution in [0.15, 0.2) is 46.9 Å². The third-order valence-electron chi connectivity index (χ3n) is 2.30. The van der Waals surface area contributed by atoms with E-state index in [9.17, 15) is 4.79 Å². The van der Waals surface area contributed by atoms with E-state index in [0.29, 0.717) is 21.4 Å². The van der Waals surface area contributed by atoms with Crippen LogP contribution in [0.1, 0.15) is 0 Å². The zero-order valence-electron chi connectivity index (χ0n) is 9.58. The first kappa shape index (κ1) is 14.2. The van der Waals surface area contributed by atoms with Crippen molar-refractivity contribution in [3.8, 4) is 0 Å². The Morgan fingerprint density at radius 2 is 1.53 bits per heavy atom. The molecule has 0 bridgehead atoms. The van der Waals surface area contributed by atoms with Gasteiger partial charge in [-0.1, -0.05) is 45.2 Å². The molecule has 0 spiro atoms. The van der Waals surface area contributed by atoms with Gasteiger partial charge in [0.1, 0.15) is 0 Å². The van der Waals surface area contributed by atoms with Crippen LogP contribution in [0.5, 0.6) is 0 Å². The Morgan fingerprint density at radius 1 is 0.947 bits per heavy atom. The SMILES string of the molecule is O=C(Nc1ccc(Br)cc1)Nc1c(Cl)cccc1Cl. The first-order valence-corrected chi connectivity index (χ1v) is 6.89. The molecule has 0 fully saturated rings. The number of halogens is 3. The van der Waals surface area contributed by atoms with Gasteiger partial charge in [-0.15, -0.1) is 0 Å². The minimum Gasteiger partial charge on any atom is -0.308 e. The number of anilines is 2. The van der Waals surface area contributed by atoms with Crippen molar-refractivity contribution >= 4 is 56.5 Å². The quantitative estimate of drug-likeness (QED) is 0.740. The summed E-state index contributed by atoms with van der Waals surface area (Å²) in [5, 5.41) is 6.07. The molecule has 0 aliphatic heterocycles. The number of rotatable bonds is 2. The molecule has 98 valence electrons. The van der Waals surface area contributed by atoms with Gasteiger partial charge in [-0.2, -0.15) is 0 Å². The maximum atomic E-state index is 11.8. The molecule has 0 saturated heterocycles. The number of nitrogens with one attached hydrogen (secondary N) is 2. The molecule has 3 nitrogen and oxygen atoms in total. The molecule has 2 aromatic rings. The van der Waals surface area contributed by atoms with Gasteiger partial charge in [0.2, 0.25) is 0 Å². The summed E-state index contributed by atoms with van der Waals surface area (Å²) in [7, 11) is 0. The Morgan fingerprint density at radius 3 is 2.11 bits per heavy atom. The van der Waals surface area contributed by atoms with Crippen molar-refractivity contribution in [1.29, 1.82) is 0 Å². The topological polar surface area (TPSA) is 41.1 Å². The lowest BCUT2D eigenvalue weighted by molar-refractivity contribution is 0.262. The maximum absolute atomic E-state index is 11.8. The van der Waals surface area contributed by atoms with Gasteiger partial charge in [0.05, 0.1) is 15.7 Å². The van der Waals surface area contributed by atoms with Gasteiger partial charge in [0.15, 0.2) is 0 Å². The second-order valence-electron chi connectivity index (χ2n) is 3.68. The molecule has 0 radical (unpaired) electrons. The fraction of sp³-hybridized carbons (Fsp3) is 0. The molecule has 6 heteroatoms. The predicted octanol–water partition coefficient (Wildman–Crippen LogP) is 5.40. The first-order valence-electron chi connectivity index (χ1n) is 5.34. The lowest BCUT2D eigenvalue weighted by Gasteiger charge is -2.10. The number of urea groups is 1. The van der Waals surface area contributed by atoms with Gasteiger partial charge in [-0.05, 0) is 36.4 Å². The number of benzene rings is 2. The number of hydrogen-bond donors (Lipinski definition) is 2. The van der Waals surface area contributed by atoms with Crippen molar-refractivity contribution in [3.63, 3.8) is 0 Å². The zero-order valence-corrected chi connectivity index (χ0v) is 12.7. The van der Waals surface area contributed by atoms with Crippen LogP contribution in [-0.2, 0) is 0 Å². The molecule has 19 heavy (non-hydrogen) atoms. The summed E-state index contributed by atoms with van der Waals surface area (Å²) in [6.07, 6.45) is 0. The van der Waals surface area contributed by atoms with Gasteiger partial charge in [-0.25, -0.2) is 4.79 Å². The second-order valence-corrected chi connectivity index (χ2v) is 5.41. The molecule has 0 aliphatic carbocycles. The van der Waals surface area contributed by atoms with E-state index >= 15 is 0 Å². The lowest BCUT2D eigenvalue weighted by Crippen LogP contribution is -2.19. The average Bonchev–Trinajstić information content (AvgIpc) is 2.37. The zero-order chi connectivity index (χ0) is 13.8. The number of hydrogen-bond acceptors (Lipinski definition) is 1. The van der Waals surface area contributed by atoms with Crippen LogP contribution in [0.4, 0.5) is 16.2 Å². The molecule has 0 saturated carbocycles. The Kier molecular flexibility index (Phi) is 4.69. The third-order valence-corrected chi connectivity index (χ3v) is 3.46. The van der Waals surface area contributed by atoms with E-state index in [0.717, 1.165) is 4.47 Å². The van der Waals surface area contributed by atoms with Crippen molar-refractivity contribution in [3.05, 3.63) is 57.0 Å². The van der Waals surface area contributed by atoms with Crippen molar-refractivity contribution < 1.29 is 4.79 Å². The number of carbonyl (C=O) groups is 1. The summed E-state index contributed by atoms with van der Waals surface area (Å²) in [5.41, 5.74) is 1.06. The Balaban J connectivity index is 2.07. The lowest BCUT2D eigenvalue weighted by atomic mass is 10.3. The maximum Gasteiger partial charge on any atom is 0.323 e. The first-order chi connectivity index (χ1) is 9.06. The van der Waals surface area contributed by atoms with Crippen molar-refractivity contribution in [2.45, 2.75) is 0 Å². The summed E-state index contributed by atoms with van der Waals surface area (Å²) in [6.45, 7) is 0. The highest BCUT2D eigenvalue weighted by Gasteiger charge is 2.09. The van der Waals surface area contributed by atoms with Gasteiger partial charge < -0.3 is 10.6 Å². The van der Waals surface area contributed by atoms with Crippen LogP contribution in [0.2, 0.25) is 10.0 Å². The van der Waals surface area contributed by atoms with Gasteiger partial charge >= 0.3 is 6.03 Å². The largest absolute Gasteiger partial charge is 0.323 e. The fourth-order valence-corrected chi connectivity index (χ4v) is 2.18. The van der Waals surface area contributed by atoms with Crippen LogP contribution in [-0.4, -0.2) is 6.03 Å². The monoisotopic (exact) mass is 358 g/mol. The molecule has 0 heterocycles. The summed E-state index contributed by atoms with van der Waals surface area (Å²) >= 11 is 15.2. The van der Waals surface area contributed by atoms with E-state index < -0.39 is 6.03 Å². The molecule has 0 aliphatic rings. The molecule has 2 aromatic carbocycles. The molecular weight excluding hydrogens is 351 g/mol. The highest BCUT2D eigenvalue weighted by molar-refractivity contribution is 9.10. The summed E-state index contributed by atoms with van der Waals surface area (Å²) in [5.74, 6) is 0. The summed E-state index contributed by atoms with van der Waals surface area (Å²) < 4.78 is 0.938. The smallest absolute Gasteiger partial charge is 0.308 e. The van der Waals surface area contributed by atoms with E-state index in [-0.39, 0.29) is 0 Å². The highest BCUT2D eigenvalue weighted by atomic mass is 79.9. The van der Waals surface area contributed by atoms with Crippen molar-refractivity contribution in [1.82, 2.24) is 0 Å². The Hall–Kier alpha value is -1.23. The minimum absolute atomic E-state index is 0.387. The van der Waals surface area contributed by atoms with Crippen molar-refractivity contribution in [2.75, 3.05) is 10.6 Å². The van der Waals surface area contributed by atoms with E-state index in [4.69, 9.17) is 23.2 Å². The normalized spacial score (nSPS) is 10.1. The fourth-order valence-electron chi connectivity index (χ4n) is 1.43. The summed E-state index contributed by atoms with van der Waals surface area (Å²) in [6, 6.07) is 11.8. The number of para-hydroxylation sites is 1. The van der Waals surface area contributed by atoms with Crippen LogP contribution >= 0.6 is 39.1 Å². The molecule has 0 aromatic heterocycles. The predicted molar refractivity (Wildman–Crippen MR) is 83.2 cm³/mol. The van der Waals surface area contributed by atoms with E-state index in [2.05, 4.69) is 26.6 Å². The third kappa shape index (κ3) is 3.86. The average molecular weight is 360 g/mol. The number of amides is 2. The number of carbonyl (C=O) groups excluding carboxylic acids is 1. The van der Waals surface area contributed by atoms with Gasteiger partial charge in [-0.3, -0.25) is 0 Å².